The fourth-order valence-electron chi connectivity index (χ4n) is 2.26. The molecule has 0 radical (unpaired) electrons. The zero-order chi connectivity index (χ0) is 14.0. The summed E-state index contributed by atoms with van der Waals surface area (Å²) in [6.07, 6.45) is 0. The maximum absolute atomic E-state index is 12.4. The summed E-state index contributed by atoms with van der Waals surface area (Å²) in [5, 5.41) is 0. The van der Waals surface area contributed by atoms with Crippen LogP contribution in [0.3, 0.4) is 0 Å². The summed E-state index contributed by atoms with van der Waals surface area (Å²) >= 11 is 0. The second-order valence-corrected chi connectivity index (χ2v) is 6.13. The van der Waals surface area contributed by atoms with Gasteiger partial charge >= 0.3 is 0 Å². The first-order chi connectivity index (χ1) is 8.25. The Hall–Kier alpha value is -1.11. The highest BCUT2D eigenvalue weighted by Gasteiger charge is 2.20. The van der Waals surface area contributed by atoms with Crippen LogP contribution in [0.2, 0.25) is 0 Å². The van der Waals surface area contributed by atoms with Crippen molar-refractivity contribution in [1.82, 2.24) is 0 Å². The lowest BCUT2D eigenvalue weighted by molar-refractivity contribution is 0.0937. The van der Waals surface area contributed by atoms with E-state index in [9.17, 15) is 4.79 Å². The quantitative estimate of drug-likeness (QED) is 0.677. The normalized spacial score (nSPS) is 11.7. The van der Waals surface area contributed by atoms with Gasteiger partial charge in [-0.2, -0.15) is 0 Å². The van der Waals surface area contributed by atoms with Gasteiger partial charge in [0.1, 0.15) is 0 Å². The number of hydrogen-bond donors (Lipinski definition) is 0. The maximum atomic E-state index is 12.4. The molecule has 1 aromatic rings. The van der Waals surface area contributed by atoms with E-state index in [4.69, 9.17) is 0 Å². The molecule has 0 aliphatic heterocycles. The number of carbonyl (C=O) groups excluding carboxylic acids is 1. The van der Waals surface area contributed by atoms with E-state index in [1.54, 1.807) is 0 Å². The number of hydrogen-bond acceptors (Lipinski definition) is 1. The standard InChI is InChI=1S/C17H26O/c1-10(2)14-8-13(7)16(17(18)12(5)6)15(9-14)11(3)4/h8-12H,1-7H3. The Morgan fingerprint density at radius 2 is 1.50 bits per heavy atom. The molecule has 0 aromatic heterocycles. The predicted octanol–water partition coefficient (Wildman–Crippen LogP) is 5.08. The molecule has 0 aliphatic carbocycles. The van der Waals surface area contributed by atoms with Crippen LogP contribution in [0.1, 0.15) is 80.4 Å². The van der Waals surface area contributed by atoms with Gasteiger partial charge in [0, 0.05) is 11.5 Å². The van der Waals surface area contributed by atoms with Crippen molar-refractivity contribution in [2.45, 2.75) is 60.3 Å². The minimum absolute atomic E-state index is 0.0612. The summed E-state index contributed by atoms with van der Waals surface area (Å²) in [5.74, 6) is 1.22. The highest BCUT2D eigenvalue weighted by atomic mass is 16.1. The van der Waals surface area contributed by atoms with Gasteiger partial charge in [-0.3, -0.25) is 4.79 Å². The van der Waals surface area contributed by atoms with E-state index < -0.39 is 0 Å². The van der Waals surface area contributed by atoms with Gasteiger partial charge in [-0.25, -0.2) is 0 Å². The maximum Gasteiger partial charge on any atom is 0.165 e. The lowest BCUT2D eigenvalue weighted by Crippen LogP contribution is -2.14. The SMILES string of the molecule is Cc1cc(C(C)C)cc(C(C)C)c1C(=O)C(C)C. The third kappa shape index (κ3) is 3.01. The van der Waals surface area contributed by atoms with Crippen molar-refractivity contribution in [2.75, 3.05) is 0 Å². The Bertz CT molecular complexity index is 439. The molecule has 0 atom stereocenters. The third-order valence-corrected chi connectivity index (χ3v) is 3.45. The average molecular weight is 246 g/mol. The molecule has 0 amide bonds. The number of rotatable bonds is 4. The van der Waals surface area contributed by atoms with Gasteiger partial charge in [-0.15, -0.1) is 0 Å². The van der Waals surface area contributed by atoms with E-state index in [0.717, 1.165) is 11.1 Å². The van der Waals surface area contributed by atoms with E-state index >= 15 is 0 Å². The van der Waals surface area contributed by atoms with Crippen molar-refractivity contribution in [2.24, 2.45) is 5.92 Å². The molecule has 0 aliphatic rings. The third-order valence-electron chi connectivity index (χ3n) is 3.45. The van der Waals surface area contributed by atoms with Crippen LogP contribution in [-0.4, -0.2) is 5.78 Å². The van der Waals surface area contributed by atoms with Crippen molar-refractivity contribution < 1.29 is 4.79 Å². The monoisotopic (exact) mass is 246 g/mol. The second-order valence-electron chi connectivity index (χ2n) is 6.13. The molecule has 0 fully saturated rings. The van der Waals surface area contributed by atoms with E-state index in [2.05, 4.69) is 46.8 Å². The molecular weight excluding hydrogens is 220 g/mol. The summed E-state index contributed by atoms with van der Waals surface area (Å²) in [5.41, 5.74) is 4.61. The van der Waals surface area contributed by atoms with Crippen LogP contribution >= 0.6 is 0 Å². The summed E-state index contributed by atoms with van der Waals surface area (Å²) in [4.78, 5) is 12.4. The summed E-state index contributed by atoms with van der Waals surface area (Å²) in [6.45, 7) is 14.7. The van der Waals surface area contributed by atoms with Gasteiger partial charge in [-0.1, -0.05) is 53.7 Å². The average Bonchev–Trinajstić information content (AvgIpc) is 2.26. The van der Waals surface area contributed by atoms with E-state index in [0.29, 0.717) is 11.8 Å². The molecule has 0 bridgehead atoms. The van der Waals surface area contributed by atoms with Crippen molar-refractivity contribution in [3.63, 3.8) is 0 Å². The molecule has 100 valence electrons. The Labute approximate surface area is 112 Å². The van der Waals surface area contributed by atoms with Crippen molar-refractivity contribution >= 4 is 5.78 Å². The molecule has 1 aromatic carbocycles. The highest BCUT2D eigenvalue weighted by Crippen LogP contribution is 2.29. The molecule has 1 rings (SSSR count). The molecule has 0 spiro atoms. The van der Waals surface area contributed by atoms with Gasteiger partial charge in [-0.05, 0) is 35.4 Å². The largest absolute Gasteiger partial charge is 0.294 e. The van der Waals surface area contributed by atoms with Crippen molar-refractivity contribution in [3.8, 4) is 0 Å². The van der Waals surface area contributed by atoms with Crippen molar-refractivity contribution in [1.29, 1.82) is 0 Å². The van der Waals surface area contributed by atoms with Crippen LogP contribution in [-0.2, 0) is 0 Å². The second kappa shape index (κ2) is 5.69. The Kier molecular flexibility index (Phi) is 4.72. The summed E-state index contributed by atoms with van der Waals surface area (Å²) in [6, 6.07) is 4.39. The number of ketones is 1. The van der Waals surface area contributed by atoms with E-state index in [1.807, 2.05) is 13.8 Å². The van der Waals surface area contributed by atoms with Crippen LogP contribution in [0.4, 0.5) is 0 Å². The molecule has 1 heteroatoms. The minimum atomic E-state index is 0.0612. The summed E-state index contributed by atoms with van der Waals surface area (Å²) < 4.78 is 0. The molecule has 1 nitrogen and oxygen atoms in total. The Morgan fingerprint density at radius 3 is 1.89 bits per heavy atom. The molecule has 0 saturated carbocycles. The van der Waals surface area contributed by atoms with Gasteiger partial charge in [0.15, 0.2) is 5.78 Å². The highest BCUT2D eigenvalue weighted by molar-refractivity contribution is 6.00. The Balaban J connectivity index is 3.46. The predicted molar refractivity (Wildman–Crippen MR) is 78.5 cm³/mol. The first kappa shape index (κ1) is 14.9. The fourth-order valence-corrected chi connectivity index (χ4v) is 2.26. The smallest absolute Gasteiger partial charge is 0.165 e. The molecule has 0 saturated heterocycles. The topological polar surface area (TPSA) is 17.1 Å². The van der Waals surface area contributed by atoms with Crippen LogP contribution in [0.25, 0.3) is 0 Å². The number of aryl methyl sites for hydroxylation is 1. The van der Waals surface area contributed by atoms with Gasteiger partial charge < -0.3 is 0 Å². The minimum Gasteiger partial charge on any atom is -0.294 e. The van der Waals surface area contributed by atoms with Crippen LogP contribution in [0.15, 0.2) is 12.1 Å². The van der Waals surface area contributed by atoms with Gasteiger partial charge in [0.2, 0.25) is 0 Å². The van der Waals surface area contributed by atoms with Crippen LogP contribution < -0.4 is 0 Å². The first-order valence-corrected chi connectivity index (χ1v) is 6.94. The molecular formula is C17H26O. The van der Waals surface area contributed by atoms with Crippen LogP contribution in [0, 0.1) is 12.8 Å². The number of carbonyl (C=O) groups is 1. The number of Topliss-reactive ketones (excluding diaryl/α,β-unsaturated/α-hetero) is 1. The molecule has 0 unspecified atom stereocenters. The van der Waals surface area contributed by atoms with E-state index in [1.165, 1.54) is 11.1 Å². The van der Waals surface area contributed by atoms with Gasteiger partial charge in [0.05, 0.1) is 0 Å². The lowest BCUT2D eigenvalue weighted by Gasteiger charge is -2.19. The van der Waals surface area contributed by atoms with E-state index in [-0.39, 0.29) is 11.7 Å². The first-order valence-electron chi connectivity index (χ1n) is 6.94. The Morgan fingerprint density at radius 1 is 0.944 bits per heavy atom. The molecule has 0 N–H and O–H groups in total. The number of benzene rings is 1. The lowest BCUT2D eigenvalue weighted by atomic mass is 9.84. The molecule has 18 heavy (non-hydrogen) atoms. The summed E-state index contributed by atoms with van der Waals surface area (Å²) in [7, 11) is 0. The van der Waals surface area contributed by atoms with Crippen LogP contribution in [0.5, 0.6) is 0 Å². The van der Waals surface area contributed by atoms with Gasteiger partial charge in [0.25, 0.3) is 0 Å². The van der Waals surface area contributed by atoms with Crippen molar-refractivity contribution in [3.05, 3.63) is 34.4 Å². The zero-order valence-electron chi connectivity index (χ0n) is 12.8. The zero-order valence-corrected chi connectivity index (χ0v) is 12.8. The molecule has 0 heterocycles. The fraction of sp³-hybridized carbons (Fsp3) is 0.588.